The van der Waals surface area contributed by atoms with Crippen LogP contribution in [0.3, 0.4) is 0 Å². The molecule has 1 aliphatic rings. The van der Waals surface area contributed by atoms with Crippen molar-refractivity contribution in [1.29, 1.82) is 0 Å². The molecule has 1 atom stereocenters. The Hall–Kier alpha value is -0.0500. The van der Waals surface area contributed by atoms with Gasteiger partial charge in [-0.3, -0.25) is 0 Å². The lowest BCUT2D eigenvalue weighted by atomic mass is 9.97. The van der Waals surface area contributed by atoms with E-state index in [0.29, 0.717) is 6.04 Å². The van der Waals surface area contributed by atoms with Crippen molar-refractivity contribution in [2.45, 2.75) is 58.4 Å². The minimum Gasteiger partial charge on any atom is -0.309 e. The van der Waals surface area contributed by atoms with Gasteiger partial charge in [0.05, 0.1) is 4.34 Å². The Bertz CT molecular complexity index is 349. The normalized spacial score (nSPS) is 18.4. The Balaban J connectivity index is 2.03. The molecule has 1 aromatic heterocycles. The molecule has 1 N–H and O–H groups in total. The maximum atomic E-state index is 6.21. The second-order valence-corrected chi connectivity index (χ2v) is 7.18. The highest BCUT2D eigenvalue weighted by molar-refractivity contribution is 7.16. The standard InChI is InChI=1S/C15H24ClNS/c1-3-8-17-13(10-12-6-4-5-7-12)14-9-11(2)15(16)18-14/h9,12-13,17H,3-8,10H2,1-2H3. The molecule has 1 aliphatic carbocycles. The van der Waals surface area contributed by atoms with Crippen molar-refractivity contribution in [2.75, 3.05) is 6.54 Å². The SMILES string of the molecule is CCCNC(CC1CCCC1)c1cc(C)c(Cl)s1. The highest BCUT2D eigenvalue weighted by Gasteiger charge is 2.22. The van der Waals surface area contributed by atoms with Gasteiger partial charge in [0.15, 0.2) is 0 Å². The van der Waals surface area contributed by atoms with Gasteiger partial charge >= 0.3 is 0 Å². The number of thiophene rings is 1. The zero-order valence-electron chi connectivity index (χ0n) is 11.5. The molecule has 0 radical (unpaired) electrons. The van der Waals surface area contributed by atoms with E-state index in [4.69, 9.17) is 11.6 Å². The predicted molar refractivity (Wildman–Crippen MR) is 81.7 cm³/mol. The Morgan fingerprint density at radius 2 is 2.17 bits per heavy atom. The van der Waals surface area contributed by atoms with Crippen molar-refractivity contribution in [1.82, 2.24) is 5.32 Å². The molecule has 1 nitrogen and oxygen atoms in total. The highest BCUT2D eigenvalue weighted by atomic mass is 35.5. The molecule has 2 rings (SSSR count). The van der Waals surface area contributed by atoms with Crippen LogP contribution in [0.4, 0.5) is 0 Å². The summed E-state index contributed by atoms with van der Waals surface area (Å²) in [4.78, 5) is 1.43. The summed E-state index contributed by atoms with van der Waals surface area (Å²) in [5.74, 6) is 0.917. The molecule has 0 bridgehead atoms. The van der Waals surface area contributed by atoms with E-state index in [9.17, 15) is 0 Å². The molecule has 0 amide bonds. The van der Waals surface area contributed by atoms with Crippen LogP contribution in [0.15, 0.2) is 6.07 Å². The fourth-order valence-electron chi connectivity index (χ4n) is 2.85. The molecule has 1 unspecified atom stereocenters. The van der Waals surface area contributed by atoms with Crippen LogP contribution in [0.1, 0.15) is 61.9 Å². The third kappa shape index (κ3) is 3.72. The Kier molecular flexibility index (Phi) is 5.53. The van der Waals surface area contributed by atoms with E-state index >= 15 is 0 Å². The van der Waals surface area contributed by atoms with Gasteiger partial charge in [-0.1, -0.05) is 44.2 Å². The maximum Gasteiger partial charge on any atom is 0.0960 e. The smallest absolute Gasteiger partial charge is 0.0960 e. The molecule has 3 heteroatoms. The average Bonchev–Trinajstić information content (AvgIpc) is 2.96. The number of hydrogen-bond donors (Lipinski definition) is 1. The minimum absolute atomic E-state index is 0.518. The van der Waals surface area contributed by atoms with E-state index in [1.165, 1.54) is 49.0 Å². The molecule has 0 aromatic carbocycles. The zero-order valence-corrected chi connectivity index (χ0v) is 13.0. The van der Waals surface area contributed by atoms with Gasteiger partial charge in [0.2, 0.25) is 0 Å². The maximum absolute atomic E-state index is 6.21. The third-order valence-corrected chi connectivity index (χ3v) is 5.57. The molecular formula is C15H24ClNS. The summed E-state index contributed by atoms with van der Waals surface area (Å²) in [6.07, 6.45) is 8.17. The first-order valence-corrected chi connectivity index (χ1v) is 8.39. The van der Waals surface area contributed by atoms with Crippen molar-refractivity contribution in [3.8, 4) is 0 Å². The summed E-state index contributed by atoms with van der Waals surface area (Å²) < 4.78 is 0.958. The van der Waals surface area contributed by atoms with Crippen molar-refractivity contribution in [2.24, 2.45) is 5.92 Å². The van der Waals surface area contributed by atoms with Gasteiger partial charge < -0.3 is 5.32 Å². The third-order valence-electron chi connectivity index (χ3n) is 3.90. The monoisotopic (exact) mass is 285 g/mol. The molecule has 1 aromatic rings. The van der Waals surface area contributed by atoms with Gasteiger partial charge in [-0.2, -0.15) is 0 Å². The predicted octanol–water partition coefficient (Wildman–Crippen LogP) is 5.33. The van der Waals surface area contributed by atoms with Crippen molar-refractivity contribution < 1.29 is 0 Å². The van der Waals surface area contributed by atoms with Crippen LogP contribution >= 0.6 is 22.9 Å². The minimum atomic E-state index is 0.518. The lowest BCUT2D eigenvalue weighted by molar-refractivity contribution is 0.399. The Morgan fingerprint density at radius 3 is 2.72 bits per heavy atom. The van der Waals surface area contributed by atoms with E-state index < -0.39 is 0 Å². The average molecular weight is 286 g/mol. The molecule has 1 saturated carbocycles. The highest BCUT2D eigenvalue weighted by Crippen LogP contribution is 2.37. The molecule has 0 aliphatic heterocycles. The number of hydrogen-bond acceptors (Lipinski definition) is 2. The van der Waals surface area contributed by atoms with Gasteiger partial charge in [0.1, 0.15) is 0 Å². The largest absolute Gasteiger partial charge is 0.309 e. The molecule has 102 valence electrons. The second kappa shape index (κ2) is 6.93. The summed E-state index contributed by atoms with van der Waals surface area (Å²) in [5, 5.41) is 3.70. The number of rotatable bonds is 6. The first-order valence-electron chi connectivity index (χ1n) is 7.20. The van der Waals surface area contributed by atoms with Gasteiger partial charge in [-0.25, -0.2) is 0 Å². The quantitative estimate of drug-likeness (QED) is 0.745. The van der Waals surface area contributed by atoms with Gasteiger partial charge in [0, 0.05) is 10.9 Å². The number of halogens is 1. The zero-order chi connectivity index (χ0) is 13.0. The van der Waals surface area contributed by atoms with E-state index in [-0.39, 0.29) is 0 Å². The summed E-state index contributed by atoms with van der Waals surface area (Å²) in [6, 6.07) is 2.79. The van der Waals surface area contributed by atoms with E-state index in [1.807, 2.05) is 0 Å². The van der Waals surface area contributed by atoms with Crippen LogP contribution < -0.4 is 5.32 Å². The van der Waals surface area contributed by atoms with Crippen molar-refractivity contribution in [3.05, 3.63) is 20.8 Å². The Labute approximate surface area is 120 Å². The number of nitrogens with one attached hydrogen (secondary N) is 1. The molecule has 1 heterocycles. The summed E-state index contributed by atoms with van der Waals surface area (Å²) >= 11 is 7.97. The first-order chi connectivity index (χ1) is 8.70. The van der Waals surface area contributed by atoms with Gasteiger partial charge in [-0.05, 0) is 43.9 Å². The van der Waals surface area contributed by atoms with E-state index in [2.05, 4.69) is 25.2 Å². The summed E-state index contributed by atoms with van der Waals surface area (Å²) in [6.45, 7) is 5.44. The molecule has 18 heavy (non-hydrogen) atoms. The first kappa shape index (κ1) is 14.4. The lowest BCUT2D eigenvalue weighted by Gasteiger charge is -2.20. The van der Waals surface area contributed by atoms with E-state index in [0.717, 1.165) is 16.8 Å². The van der Waals surface area contributed by atoms with E-state index in [1.54, 1.807) is 11.3 Å². The topological polar surface area (TPSA) is 12.0 Å². The Morgan fingerprint density at radius 1 is 1.44 bits per heavy atom. The van der Waals surface area contributed by atoms with Crippen LogP contribution in [0.5, 0.6) is 0 Å². The van der Waals surface area contributed by atoms with Crippen LogP contribution in [0, 0.1) is 12.8 Å². The van der Waals surface area contributed by atoms with Crippen LogP contribution in [-0.2, 0) is 0 Å². The van der Waals surface area contributed by atoms with Crippen LogP contribution in [0.2, 0.25) is 4.34 Å². The fourth-order valence-corrected chi connectivity index (χ4v) is 4.16. The second-order valence-electron chi connectivity index (χ2n) is 5.50. The van der Waals surface area contributed by atoms with Gasteiger partial charge in [0.25, 0.3) is 0 Å². The fraction of sp³-hybridized carbons (Fsp3) is 0.733. The van der Waals surface area contributed by atoms with Crippen molar-refractivity contribution in [3.63, 3.8) is 0 Å². The molecular weight excluding hydrogens is 262 g/mol. The molecule has 0 spiro atoms. The van der Waals surface area contributed by atoms with Crippen LogP contribution in [0.25, 0.3) is 0 Å². The van der Waals surface area contributed by atoms with Crippen molar-refractivity contribution >= 4 is 22.9 Å². The summed E-state index contributed by atoms with van der Waals surface area (Å²) in [7, 11) is 0. The lowest BCUT2D eigenvalue weighted by Crippen LogP contribution is -2.23. The summed E-state index contributed by atoms with van der Waals surface area (Å²) in [5.41, 5.74) is 1.23. The van der Waals surface area contributed by atoms with Crippen LogP contribution in [-0.4, -0.2) is 6.54 Å². The molecule has 0 saturated heterocycles. The number of aryl methyl sites for hydroxylation is 1. The molecule has 1 fully saturated rings. The van der Waals surface area contributed by atoms with Gasteiger partial charge in [-0.15, -0.1) is 11.3 Å².